The van der Waals surface area contributed by atoms with Gasteiger partial charge in [0, 0.05) is 7.05 Å². The van der Waals surface area contributed by atoms with Crippen molar-refractivity contribution in [3.8, 4) is 12.3 Å². The van der Waals surface area contributed by atoms with Crippen molar-refractivity contribution < 1.29 is 22.7 Å². The molecule has 0 saturated heterocycles. The Morgan fingerprint density at radius 3 is 3.00 bits per heavy atom. The van der Waals surface area contributed by atoms with Crippen molar-refractivity contribution in [1.29, 1.82) is 0 Å². The van der Waals surface area contributed by atoms with Crippen molar-refractivity contribution >= 4 is 11.7 Å². The topological polar surface area (TPSA) is 95.0 Å². The van der Waals surface area contributed by atoms with Gasteiger partial charge < -0.3 is 10.3 Å². The number of aromatic amines is 1. The molecule has 0 aromatic carbocycles. The molecule has 2 N–H and O–H groups in total. The molecular formula is C11H13F3N6O2. The molecule has 0 radical (unpaired) electrons. The predicted molar refractivity (Wildman–Crippen MR) is 68.9 cm³/mol. The number of hydrogen-bond donors (Lipinski definition) is 2. The van der Waals surface area contributed by atoms with Gasteiger partial charge in [0.1, 0.15) is 0 Å². The Kier molecular flexibility index (Phi) is 6.33. The molecule has 0 aliphatic rings. The van der Waals surface area contributed by atoms with Gasteiger partial charge in [-0.25, -0.2) is 4.98 Å². The van der Waals surface area contributed by atoms with Gasteiger partial charge in [0.05, 0.1) is 26.0 Å². The van der Waals surface area contributed by atoms with Crippen LogP contribution in [0, 0.1) is 12.3 Å². The van der Waals surface area contributed by atoms with Crippen LogP contribution >= 0.6 is 0 Å². The summed E-state index contributed by atoms with van der Waals surface area (Å²) in [5.74, 6) is 1.69. The number of nitrogens with zero attached hydrogens (tertiary/aromatic N) is 4. The minimum absolute atomic E-state index is 0.0156. The van der Waals surface area contributed by atoms with Crippen molar-refractivity contribution in [3.63, 3.8) is 0 Å². The van der Waals surface area contributed by atoms with Gasteiger partial charge in [0.15, 0.2) is 5.69 Å². The number of nitrogens with one attached hydrogen (secondary N) is 2. The SMILES string of the molecule is C#CCNC(=O)c1[nH]cnc1/N=N/N(C)CCOC(F)(F)F. The molecule has 0 aliphatic carbocycles. The Labute approximate surface area is 123 Å². The zero-order chi connectivity index (χ0) is 16.6. The third kappa shape index (κ3) is 6.23. The van der Waals surface area contributed by atoms with Gasteiger partial charge in [-0.1, -0.05) is 11.1 Å². The lowest BCUT2D eigenvalue weighted by molar-refractivity contribution is -0.324. The molecule has 0 bridgehead atoms. The maximum Gasteiger partial charge on any atom is 0.522 e. The molecule has 0 unspecified atom stereocenters. The largest absolute Gasteiger partial charge is 0.522 e. The Morgan fingerprint density at radius 1 is 1.64 bits per heavy atom. The van der Waals surface area contributed by atoms with Crippen LogP contribution in [0.4, 0.5) is 19.0 Å². The fraction of sp³-hybridized carbons (Fsp3) is 0.455. The fourth-order valence-electron chi connectivity index (χ4n) is 1.21. The quantitative estimate of drug-likeness (QED) is 0.449. The summed E-state index contributed by atoms with van der Waals surface area (Å²) in [6, 6.07) is 0. The number of rotatable bonds is 7. The second kappa shape index (κ2) is 7.99. The summed E-state index contributed by atoms with van der Waals surface area (Å²) in [6.45, 7) is -0.718. The highest BCUT2D eigenvalue weighted by molar-refractivity contribution is 5.96. The Morgan fingerprint density at radius 2 is 2.36 bits per heavy atom. The Hall–Kier alpha value is -2.61. The smallest absolute Gasteiger partial charge is 0.340 e. The first-order valence-corrected chi connectivity index (χ1v) is 5.92. The van der Waals surface area contributed by atoms with E-state index in [1.54, 1.807) is 0 Å². The molecule has 0 fully saturated rings. The van der Waals surface area contributed by atoms with Crippen molar-refractivity contribution in [2.75, 3.05) is 26.7 Å². The van der Waals surface area contributed by atoms with E-state index in [0.717, 1.165) is 5.01 Å². The van der Waals surface area contributed by atoms with Gasteiger partial charge in [0.25, 0.3) is 5.91 Å². The summed E-state index contributed by atoms with van der Waals surface area (Å²) in [6.07, 6.45) is 1.55. The molecule has 1 heterocycles. The molecular weight excluding hydrogens is 305 g/mol. The number of amides is 1. The van der Waals surface area contributed by atoms with Crippen LogP contribution in [0.25, 0.3) is 0 Å². The highest BCUT2D eigenvalue weighted by Crippen LogP contribution is 2.16. The molecule has 1 amide bonds. The molecule has 11 heteroatoms. The van der Waals surface area contributed by atoms with E-state index in [-0.39, 0.29) is 24.6 Å². The Balaban J connectivity index is 2.54. The summed E-state index contributed by atoms with van der Waals surface area (Å²) in [5.41, 5.74) is 0.0407. The molecule has 0 saturated carbocycles. The molecule has 22 heavy (non-hydrogen) atoms. The van der Waals surface area contributed by atoms with Crippen LogP contribution < -0.4 is 5.32 Å². The molecule has 0 aliphatic heterocycles. The number of terminal acetylenes is 1. The van der Waals surface area contributed by atoms with Crippen LogP contribution in [0.1, 0.15) is 10.5 Å². The van der Waals surface area contributed by atoms with Crippen LogP contribution in [0.3, 0.4) is 0 Å². The van der Waals surface area contributed by atoms with Crippen molar-refractivity contribution in [2.24, 2.45) is 10.3 Å². The average molecular weight is 318 g/mol. The third-order valence-corrected chi connectivity index (χ3v) is 2.17. The first kappa shape index (κ1) is 17.4. The minimum Gasteiger partial charge on any atom is -0.340 e. The standard InChI is InChI=1S/C11H13F3N6O2/c1-3-4-15-10(21)8-9(17-7-16-8)18-19-20(2)5-6-22-11(12,13)14/h1,7H,4-6H2,2H3,(H,15,21)(H,16,17)/b19-18+. The average Bonchev–Trinajstić information content (AvgIpc) is 2.89. The number of carbonyl (C=O) groups is 1. The number of aromatic nitrogens is 2. The number of H-pyrrole nitrogens is 1. The number of halogens is 3. The van der Waals surface area contributed by atoms with E-state index in [4.69, 9.17) is 6.42 Å². The fourth-order valence-corrected chi connectivity index (χ4v) is 1.21. The summed E-state index contributed by atoms with van der Waals surface area (Å²) >= 11 is 0. The molecule has 120 valence electrons. The minimum atomic E-state index is -4.69. The first-order chi connectivity index (χ1) is 10.3. The monoisotopic (exact) mass is 318 g/mol. The van der Waals surface area contributed by atoms with Crippen LogP contribution in [0.15, 0.2) is 16.7 Å². The van der Waals surface area contributed by atoms with Gasteiger partial charge in [-0.3, -0.25) is 14.5 Å². The predicted octanol–water partition coefficient (Wildman–Crippen LogP) is 1.24. The molecule has 1 rings (SSSR count). The van der Waals surface area contributed by atoms with Gasteiger partial charge in [0.2, 0.25) is 5.82 Å². The normalized spacial score (nSPS) is 11.4. The maximum absolute atomic E-state index is 11.8. The zero-order valence-corrected chi connectivity index (χ0v) is 11.5. The van der Waals surface area contributed by atoms with Gasteiger partial charge in [-0.05, 0) is 0 Å². The summed E-state index contributed by atoms with van der Waals surface area (Å²) in [4.78, 5) is 18.0. The zero-order valence-electron chi connectivity index (χ0n) is 11.5. The van der Waals surface area contributed by atoms with E-state index < -0.39 is 18.9 Å². The summed E-state index contributed by atoms with van der Waals surface area (Å²) in [7, 11) is 1.40. The maximum atomic E-state index is 11.8. The molecule has 1 aromatic heterocycles. The van der Waals surface area contributed by atoms with Gasteiger partial charge in [-0.2, -0.15) is 0 Å². The lowest BCUT2D eigenvalue weighted by atomic mass is 10.4. The van der Waals surface area contributed by atoms with E-state index in [9.17, 15) is 18.0 Å². The number of imidazole rings is 1. The molecule has 0 atom stereocenters. The van der Waals surface area contributed by atoms with E-state index in [1.165, 1.54) is 13.4 Å². The number of ether oxygens (including phenoxy) is 1. The summed E-state index contributed by atoms with van der Waals surface area (Å²) in [5, 5.41) is 10.8. The van der Waals surface area contributed by atoms with Gasteiger partial charge in [-0.15, -0.1) is 24.7 Å². The van der Waals surface area contributed by atoms with Crippen molar-refractivity contribution in [3.05, 3.63) is 12.0 Å². The summed E-state index contributed by atoms with van der Waals surface area (Å²) < 4.78 is 39.0. The van der Waals surface area contributed by atoms with E-state index in [0.29, 0.717) is 0 Å². The molecule has 0 spiro atoms. The van der Waals surface area contributed by atoms with Crippen molar-refractivity contribution in [1.82, 2.24) is 20.3 Å². The number of hydrogen-bond acceptors (Lipinski definition) is 5. The lowest BCUT2D eigenvalue weighted by Gasteiger charge is -2.12. The van der Waals surface area contributed by atoms with E-state index >= 15 is 0 Å². The van der Waals surface area contributed by atoms with Gasteiger partial charge >= 0.3 is 6.36 Å². The van der Waals surface area contributed by atoms with Crippen molar-refractivity contribution in [2.45, 2.75) is 6.36 Å². The van der Waals surface area contributed by atoms with E-state index in [1.807, 2.05) is 0 Å². The van der Waals surface area contributed by atoms with Crippen LogP contribution in [-0.4, -0.2) is 54.0 Å². The second-order valence-corrected chi connectivity index (χ2v) is 3.85. The first-order valence-electron chi connectivity index (χ1n) is 5.92. The Bertz CT molecular complexity index is 563. The van der Waals surface area contributed by atoms with E-state index in [2.05, 4.69) is 36.3 Å². The number of likely N-dealkylation sites (N-methyl/N-ethyl adjacent to an activating group) is 1. The van der Waals surface area contributed by atoms with Crippen LogP contribution in [0.2, 0.25) is 0 Å². The number of carbonyl (C=O) groups excluding carboxylic acids is 1. The van der Waals surface area contributed by atoms with Crippen LogP contribution in [-0.2, 0) is 4.74 Å². The highest BCUT2D eigenvalue weighted by atomic mass is 19.4. The number of alkyl halides is 3. The molecule has 8 nitrogen and oxygen atoms in total. The lowest BCUT2D eigenvalue weighted by Crippen LogP contribution is -2.24. The third-order valence-electron chi connectivity index (χ3n) is 2.17. The van der Waals surface area contributed by atoms with Crippen LogP contribution in [0.5, 0.6) is 0 Å². The highest BCUT2D eigenvalue weighted by Gasteiger charge is 2.28. The molecule has 1 aromatic rings. The second-order valence-electron chi connectivity index (χ2n) is 3.85.